The van der Waals surface area contributed by atoms with E-state index in [2.05, 4.69) is 4.90 Å². The molecule has 0 saturated carbocycles. The monoisotopic (exact) mass is 305 g/mol. The van der Waals surface area contributed by atoms with E-state index in [0.29, 0.717) is 17.7 Å². The molecule has 120 valence electrons. The molecule has 1 aromatic carbocycles. The molecule has 0 spiro atoms. The molecular weight excluding hydrogens is 282 g/mol. The van der Waals surface area contributed by atoms with Gasteiger partial charge in [-0.05, 0) is 44.1 Å². The van der Waals surface area contributed by atoms with Gasteiger partial charge < -0.3 is 14.7 Å². The Labute approximate surface area is 130 Å². The standard InChI is InChI=1S/C17H23NO4/c1-22-16-7-6-13(17(20)21)12-14(16)15(19)8-11-18-9-4-2-3-5-10-18/h6-7,12H,2-5,8-11H2,1H3,(H,20,21). The first-order chi connectivity index (χ1) is 10.6. The van der Waals surface area contributed by atoms with E-state index in [0.717, 1.165) is 19.6 Å². The summed E-state index contributed by atoms with van der Waals surface area (Å²) in [4.78, 5) is 25.8. The van der Waals surface area contributed by atoms with Gasteiger partial charge in [0.1, 0.15) is 5.75 Å². The van der Waals surface area contributed by atoms with Crippen molar-refractivity contribution in [1.82, 2.24) is 4.90 Å². The number of benzene rings is 1. The van der Waals surface area contributed by atoms with Crippen LogP contribution in [0, 0.1) is 0 Å². The average Bonchev–Trinajstić information content (AvgIpc) is 2.80. The van der Waals surface area contributed by atoms with Gasteiger partial charge >= 0.3 is 5.97 Å². The molecule has 22 heavy (non-hydrogen) atoms. The van der Waals surface area contributed by atoms with Crippen molar-refractivity contribution in [3.05, 3.63) is 29.3 Å². The van der Waals surface area contributed by atoms with Crippen molar-refractivity contribution in [2.45, 2.75) is 32.1 Å². The molecular formula is C17H23NO4. The zero-order chi connectivity index (χ0) is 15.9. The fourth-order valence-electron chi connectivity index (χ4n) is 2.81. The van der Waals surface area contributed by atoms with Crippen LogP contribution in [0.2, 0.25) is 0 Å². The van der Waals surface area contributed by atoms with E-state index in [1.165, 1.54) is 44.9 Å². The van der Waals surface area contributed by atoms with E-state index in [1.54, 1.807) is 6.07 Å². The molecule has 1 saturated heterocycles. The molecule has 1 heterocycles. The SMILES string of the molecule is COc1ccc(C(=O)O)cc1C(=O)CCN1CCCCCC1. The number of hydrogen-bond acceptors (Lipinski definition) is 4. The summed E-state index contributed by atoms with van der Waals surface area (Å²) in [7, 11) is 1.49. The zero-order valence-corrected chi connectivity index (χ0v) is 13.0. The smallest absolute Gasteiger partial charge is 0.335 e. The maximum atomic E-state index is 12.4. The number of rotatable bonds is 6. The lowest BCUT2D eigenvalue weighted by Crippen LogP contribution is -2.27. The molecule has 0 aromatic heterocycles. The maximum Gasteiger partial charge on any atom is 0.335 e. The maximum absolute atomic E-state index is 12.4. The largest absolute Gasteiger partial charge is 0.496 e. The molecule has 2 rings (SSSR count). The fraction of sp³-hybridized carbons (Fsp3) is 0.529. The van der Waals surface area contributed by atoms with Crippen molar-refractivity contribution in [3.8, 4) is 5.75 Å². The van der Waals surface area contributed by atoms with Crippen LogP contribution in [-0.4, -0.2) is 48.5 Å². The molecule has 1 N–H and O–H groups in total. The minimum Gasteiger partial charge on any atom is -0.496 e. The van der Waals surface area contributed by atoms with E-state index < -0.39 is 5.97 Å². The van der Waals surface area contributed by atoms with Crippen LogP contribution >= 0.6 is 0 Å². The summed E-state index contributed by atoms with van der Waals surface area (Å²) in [5.74, 6) is -0.667. The number of carbonyl (C=O) groups is 2. The van der Waals surface area contributed by atoms with Gasteiger partial charge in [-0.3, -0.25) is 4.79 Å². The van der Waals surface area contributed by atoms with E-state index in [9.17, 15) is 9.59 Å². The lowest BCUT2D eigenvalue weighted by molar-refractivity contribution is 0.0697. The Morgan fingerprint density at radius 1 is 1.18 bits per heavy atom. The van der Waals surface area contributed by atoms with Crippen molar-refractivity contribution in [2.75, 3.05) is 26.7 Å². The summed E-state index contributed by atoms with van der Waals surface area (Å²) in [6.07, 6.45) is 5.29. The molecule has 0 atom stereocenters. The number of carboxylic acids is 1. The number of ether oxygens (including phenoxy) is 1. The van der Waals surface area contributed by atoms with Crippen LogP contribution in [0.15, 0.2) is 18.2 Å². The molecule has 0 bridgehead atoms. The summed E-state index contributed by atoms with van der Waals surface area (Å²) in [5.41, 5.74) is 0.469. The summed E-state index contributed by atoms with van der Waals surface area (Å²) in [5, 5.41) is 9.06. The number of carbonyl (C=O) groups excluding carboxylic acids is 1. The first-order valence-corrected chi connectivity index (χ1v) is 7.78. The van der Waals surface area contributed by atoms with Crippen LogP contribution in [0.5, 0.6) is 5.75 Å². The third kappa shape index (κ3) is 4.31. The minimum atomic E-state index is -1.04. The zero-order valence-electron chi connectivity index (χ0n) is 13.0. The molecule has 1 aliphatic heterocycles. The highest BCUT2D eigenvalue weighted by molar-refractivity contribution is 6.01. The number of aromatic carboxylic acids is 1. The van der Waals surface area contributed by atoms with Gasteiger partial charge in [0.2, 0.25) is 0 Å². The Morgan fingerprint density at radius 3 is 2.45 bits per heavy atom. The van der Waals surface area contributed by atoms with E-state index >= 15 is 0 Å². The van der Waals surface area contributed by atoms with E-state index in [1.807, 2.05) is 0 Å². The third-order valence-electron chi connectivity index (χ3n) is 4.10. The van der Waals surface area contributed by atoms with Crippen molar-refractivity contribution in [3.63, 3.8) is 0 Å². The lowest BCUT2D eigenvalue weighted by atomic mass is 10.0. The predicted molar refractivity (Wildman–Crippen MR) is 83.8 cm³/mol. The Hall–Kier alpha value is -1.88. The van der Waals surface area contributed by atoms with Crippen LogP contribution in [0.1, 0.15) is 52.8 Å². The van der Waals surface area contributed by atoms with Crippen LogP contribution in [0.25, 0.3) is 0 Å². The fourth-order valence-corrected chi connectivity index (χ4v) is 2.81. The Kier molecular flexibility index (Phi) is 5.95. The van der Waals surface area contributed by atoms with Gasteiger partial charge in [-0.15, -0.1) is 0 Å². The summed E-state index contributed by atoms with van der Waals surface area (Å²) in [6.45, 7) is 2.80. The van der Waals surface area contributed by atoms with Crippen LogP contribution in [0.4, 0.5) is 0 Å². The number of carboxylic acid groups (broad SMARTS) is 1. The predicted octanol–water partition coefficient (Wildman–Crippen LogP) is 2.84. The number of Topliss-reactive ketones (excluding diaryl/α,β-unsaturated/α-hetero) is 1. The second-order valence-electron chi connectivity index (χ2n) is 5.65. The topological polar surface area (TPSA) is 66.8 Å². The van der Waals surface area contributed by atoms with Gasteiger partial charge in [0.05, 0.1) is 18.2 Å². The second-order valence-corrected chi connectivity index (χ2v) is 5.65. The lowest BCUT2D eigenvalue weighted by Gasteiger charge is -2.19. The molecule has 1 fully saturated rings. The Morgan fingerprint density at radius 2 is 1.86 bits per heavy atom. The van der Waals surface area contributed by atoms with Crippen LogP contribution in [0.3, 0.4) is 0 Å². The van der Waals surface area contributed by atoms with Gasteiger partial charge in [-0.25, -0.2) is 4.79 Å². The first-order valence-electron chi connectivity index (χ1n) is 7.78. The van der Waals surface area contributed by atoms with Gasteiger partial charge in [0.25, 0.3) is 0 Å². The highest BCUT2D eigenvalue weighted by atomic mass is 16.5. The van der Waals surface area contributed by atoms with E-state index in [4.69, 9.17) is 9.84 Å². The van der Waals surface area contributed by atoms with Gasteiger partial charge in [-0.2, -0.15) is 0 Å². The van der Waals surface area contributed by atoms with Crippen molar-refractivity contribution >= 4 is 11.8 Å². The molecule has 0 amide bonds. The summed E-state index contributed by atoms with van der Waals surface area (Å²) >= 11 is 0. The van der Waals surface area contributed by atoms with Crippen molar-refractivity contribution in [2.24, 2.45) is 0 Å². The quantitative estimate of drug-likeness (QED) is 0.819. The van der Waals surface area contributed by atoms with Gasteiger partial charge in [0.15, 0.2) is 5.78 Å². The van der Waals surface area contributed by atoms with Gasteiger partial charge in [-0.1, -0.05) is 12.8 Å². The average molecular weight is 305 g/mol. The molecule has 1 aromatic rings. The Bertz CT molecular complexity index is 533. The third-order valence-corrected chi connectivity index (χ3v) is 4.10. The molecule has 5 heteroatoms. The number of methoxy groups -OCH3 is 1. The van der Waals surface area contributed by atoms with Crippen molar-refractivity contribution < 1.29 is 19.4 Å². The molecule has 1 aliphatic rings. The number of nitrogens with zero attached hydrogens (tertiary/aromatic N) is 1. The second kappa shape index (κ2) is 7.94. The van der Waals surface area contributed by atoms with Crippen LogP contribution in [-0.2, 0) is 0 Å². The summed E-state index contributed by atoms with van der Waals surface area (Å²) < 4.78 is 5.19. The molecule has 0 unspecified atom stereocenters. The molecule has 0 aliphatic carbocycles. The number of ketones is 1. The highest BCUT2D eigenvalue weighted by Gasteiger charge is 2.17. The number of likely N-dealkylation sites (tertiary alicyclic amines) is 1. The normalized spacial score (nSPS) is 16.0. The van der Waals surface area contributed by atoms with Gasteiger partial charge in [0, 0.05) is 13.0 Å². The number of hydrogen-bond donors (Lipinski definition) is 1. The molecule has 5 nitrogen and oxygen atoms in total. The van der Waals surface area contributed by atoms with Crippen LogP contribution < -0.4 is 4.74 Å². The van der Waals surface area contributed by atoms with Crippen molar-refractivity contribution in [1.29, 1.82) is 0 Å². The van der Waals surface area contributed by atoms with E-state index in [-0.39, 0.29) is 11.3 Å². The Balaban J connectivity index is 2.04. The summed E-state index contributed by atoms with van der Waals surface area (Å²) in [6, 6.07) is 4.40. The molecule has 0 radical (unpaired) electrons. The minimum absolute atomic E-state index is 0.0656. The first kappa shape index (κ1) is 16.5. The highest BCUT2D eigenvalue weighted by Crippen LogP contribution is 2.22.